The average Bonchev–Trinajstić information content (AvgIpc) is 3.41. The topological polar surface area (TPSA) is 75.9 Å². The largest absolute Gasteiger partial charge is 0.351 e. The molecule has 3 fully saturated rings. The van der Waals surface area contributed by atoms with Crippen LogP contribution in [-0.4, -0.2) is 61.9 Å². The van der Waals surface area contributed by atoms with Crippen molar-refractivity contribution in [2.24, 2.45) is 0 Å². The maximum absolute atomic E-state index is 12.1. The van der Waals surface area contributed by atoms with Crippen molar-refractivity contribution in [2.45, 2.75) is 55.4 Å². The molecular formula is C13H20N6OS. The first-order valence-electron chi connectivity index (χ1n) is 7.73. The first-order valence-corrected chi connectivity index (χ1v) is 8.72. The van der Waals surface area contributed by atoms with Crippen LogP contribution in [0.25, 0.3) is 0 Å². The minimum atomic E-state index is 0.0907. The van der Waals surface area contributed by atoms with Crippen molar-refractivity contribution in [3.63, 3.8) is 0 Å². The number of likely N-dealkylation sites (tertiary alicyclic amines) is 1. The molecule has 21 heavy (non-hydrogen) atoms. The number of hydrogen-bond acceptors (Lipinski definition) is 6. The molecule has 2 saturated carbocycles. The molecule has 8 heteroatoms. The smallest absolute Gasteiger partial charge is 0.230 e. The predicted molar refractivity (Wildman–Crippen MR) is 78.0 cm³/mol. The summed E-state index contributed by atoms with van der Waals surface area (Å²) in [4.78, 5) is 14.6. The van der Waals surface area contributed by atoms with Gasteiger partial charge in [0, 0.05) is 25.2 Å². The van der Waals surface area contributed by atoms with Gasteiger partial charge in [0.05, 0.1) is 11.8 Å². The van der Waals surface area contributed by atoms with E-state index in [1.807, 2.05) is 4.68 Å². The quantitative estimate of drug-likeness (QED) is 0.769. The third-order valence-electron chi connectivity index (χ3n) is 4.34. The normalized spacial score (nSPS) is 26.2. The van der Waals surface area contributed by atoms with Crippen LogP contribution in [0.5, 0.6) is 0 Å². The van der Waals surface area contributed by atoms with E-state index in [4.69, 9.17) is 0 Å². The Balaban J connectivity index is 1.23. The Morgan fingerprint density at radius 2 is 2.05 bits per heavy atom. The zero-order chi connectivity index (χ0) is 14.2. The van der Waals surface area contributed by atoms with E-state index in [0.29, 0.717) is 17.8 Å². The Labute approximate surface area is 127 Å². The van der Waals surface area contributed by atoms with Gasteiger partial charge in [0.2, 0.25) is 11.1 Å². The second-order valence-electron chi connectivity index (χ2n) is 6.21. The highest BCUT2D eigenvalue weighted by molar-refractivity contribution is 7.99. The molecule has 3 aliphatic rings. The van der Waals surface area contributed by atoms with Crippen LogP contribution < -0.4 is 5.32 Å². The molecule has 0 radical (unpaired) electrons. The molecule has 7 nitrogen and oxygen atoms in total. The maximum atomic E-state index is 12.1. The monoisotopic (exact) mass is 308 g/mol. The van der Waals surface area contributed by atoms with Gasteiger partial charge >= 0.3 is 0 Å². The van der Waals surface area contributed by atoms with Crippen LogP contribution in [0.3, 0.4) is 0 Å². The van der Waals surface area contributed by atoms with Crippen molar-refractivity contribution < 1.29 is 4.79 Å². The molecule has 114 valence electrons. The Morgan fingerprint density at radius 3 is 2.81 bits per heavy atom. The molecule has 0 spiro atoms. The number of amides is 1. The maximum Gasteiger partial charge on any atom is 0.230 e. The zero-order valence-corrected chi connectivity index (χ0v) is 12.8. The van der Waals surface area contributed by atoms with Crippen molar-refractivity contribution in [2.75, 3.05) is 18.8 Å². The van der Waals surface area contributed by atoms with Crippen molar-refractivity contribution in [3.05, 3.63) is 0 Å². The molecule has 2 aliphatic carbocycles. The minimum Gasteiger partial charge on any atom is -0.351 e. The zero-order valence-electron chi connectivity index (χ0n) is 11.9. The van der Waals surface area contributed by atoms with Gasteiger partial charge in [-0.3, -0.25) is 9.69 Å². The van der Waals surface area contributed by atoms with E-state index in [0.717, 1.165) is 43.6 Å². The second-order valence-corrected chi connectivity index (χ2v) is 7.15. The molecular weight excluding hydrogens is 288 g/mol. The second kappa shape index (κ2) is 5.57. The number of aromatic nitrogens is 4. The summed E-state index contributed by atoms with van der Waals surface area (Å²) in [5, 5.41) is 15.6. The number of thioether (sulfide) groups is 1. The number of nitrogens with one attached hydrogen (secondary N) is 1. The third-order valence-corrected chi connectivity index (χ3v) is 5.27. The fourth-order valence-electron chi connectivity index (χ4n) is 2.90. The highest BCUT2D eigenvalue weighted by Gasteiger charge is 2.34. The Hall–Kier alpha value is -1.15. The van der Waals surface area contributed by atoms with E-state index >= 15 is 0 Å². The van der Waals surface area contributed by atoms with Crippen LogP contribution in [0.15, 0.2) is 5.16 Å². The summed E-state index contributed by atoms with van der Waals surface area (Å²) in [6, 6.07) is 1.56. The van der Waals surface area contributed by atoms with E-state index in [9.17, 15) is 4.79 Å². The van der Waals surface area contributed by atoms with E-state index in [2.05, 4.69) is 25.7 Å². The Kier molecular flexibility index (Phi) is 3.58. The van der Waals surface area contributed by atoms with Gasteiger partial charge in [-0.2, -0.15) is 0 Å². The van der Waals surface area contributed by atoms with Gasteiger partial charge in [-0.15, -0.1) is 5.10 Å². The van der Waals surface area contributed by atoms with Crippen molar-refractivity contribution in [3.8, 4) is 0 Å². The third kappa shape index (κ3) is 3.21. The van der Waals surface area contributed by atoms with E-state index in [-0.39, 0.29) is 5.91 Å². The summed E-state index contributed by atoms with van der Waals surface area (Å²) >= 11 is 1.43. The fourth-order valence-corrected chi connectivity index (χ4v) is 3.66. The molecule has 1 N–H and O–H groups in total. The molecule has 1 aromatic heterocycles. The predicted octanol–water partition coefficient (Wildman–Crippen LogP) is 0.453. The van der Waals surface area contributed by atoms with Crippen LogP contribution in [0, 0.1) is 0 Å². The summed E-state index contributed by atoms with van der Waals surface area (Å²) in [6.07, 6.45) is 6.03. The number of carbonyl (C=O) groups excluding carboxylic acids is 1. The lowest BCUT2D eigenvalue weighted by atomic mass is 10.2. The summed E-state index contributed by atoms with van der Waals surface area (Å²) in [6.45, 7) is 2.14. The molecule has 0 aromatic carbocycles. The number of carbonyl (C=O) groups is 1. The van der Waals surface area contributed by atoms with Crippen LogP contribution >= 0.6 is 11.8 Å². The molecule has 4 rings (SSSR count). The molecule has 0 bridgehead atoms. The van der Waals surface area contributed by atoms with Crippen LogP contribution in [-0.2, 0) is 4.79 Å². The van der Waals surface area contributed by atoms with Gasteiger partial charge in [0.1, 0.15) is 0 Å². The van der Waals surface area contributed by atoms with Gasteiger partial charge < -0.3 is 5.32 Å². The highest BCUT2D eigenvalue weighted by atomic mass is 32.2. The van der Waals surface area contributed by atoms with Gasteiger partial charge in [-0.1, -0.05) is 11.8 Å². The van der Waals surface area contributed by atoms with E-state index in [1.165, 1.54) is 24.6 Å². The summed E-state index contributed by atoms with van der Waals surface area (Å²) in [5.41, 5.74) is 0. The summed E-state index contributed by atoms with van der Waals surface area (Å²) in [5.74, 6) is 0.487. The fraction of sp³-hybridized carbons (Fsp3) is 0.846. The number of tetrazole rings is 1. The molecule has 0 unspecified atom stereocenters. The molecule has 1 atom stereocenters. The standard InChI is InChI=1S/C13H20N6OS/c20-12(14-9-5-6-18(7-9)10-1-2-10)8-21-13-15-16-17-19(13)11-3-4-11/h9-11H,1-8H2,(H,14,20)/t9-/m0/s1. The molecule has 1 amide bonds. The average molecular weight is 308 g/mol. The molecule has 2 heterocycles. The van der Waals surface area contributed by atoms with Crippen molar-refractivity contribution in [1.29, 1.82) is 0 Å². The Bertz CT molecular complexity index is 526. The van der Waals surface area contributed by atoms with Crippen LogP contribution in [0.1, 0.15) is 38.1 Å². The summed E-state index contributed by atoms with van der Waals surface area (Å²) < 4.78 is 1.85. The SMILES string of the molecule is O=C(CSc1nnnn1C1CC1)N[C@H]1CCN(C2CC2)C1. The lowest BCUT2D eigenvalue weighted by Gasteiger charge is -2.15. The van der Waals surface area contributed by atoms with Gasteiger partial charge in [-0.25, -0.2) is 4.68 Å². The van der Waals surface area contributed by atoms with E-state index < -0.39 is 0 Å². The van der Waals surface area contributed by atoms with E-state index in [1.54, 1.807) is 0 Å². The first-order chi connectivity index (χ1) is 10.3. The summed E-state index contributed by atoms with van der Waals surface area (Å²) in [7, 11) is 0. The lowest BCUT2D eigenvalue weighted by Crippen LogP contribution is -2.38. The van der Waals surface area contributed by atoms with Crippen molar-refractivity contribution in [1.82, 2.24) is 30.4 Å². The van der Waals surface area contributed by atoms with Gasteiger partial charge in [0.25, 0.3) is 0 Å². The highest BCUT2D eigenvalue weighted by Crippen LogP contribution is 2.36. The minimum absolute atomic E-state index is 0.0907. The lowest BCUT2D eigenvalue weighted by molar-refractivity contribution is -0.119. The molecule has 1 aromatic rings. The van der Waals surface area contributed by atoms with Gasteiger partial charge in [-0.05, 0) is 42.5 Å². The molecule has 1 saturated heterocycles. The molecule has 1 aliphatic heterocycles. The number of hydrogen-bond donors (Lipinski definition) is 1. The van der Waals surface area contributed by atoms with Crippen molar-refractivity contribution >= 4 is 17.7 Å². The number of rotatable bonds is 6. The van der Waals surface area contributed by atoms with Crippen LogP contribution in [0.4, 0.5) is 0 Å². The van der Waals surface area contributed by atoms with Crippen LogP contribution in [0.2, 0.25) is 0 Å². The Morgan fingerprint density at radius 1 is 1.24 bits per heavy atom. The number of nitrogens with zero attached hydrogens (tertiary/aromatic N) is 5. The first kappa shape index (κ1) is 13.5. The van der Waals surface area contributed by atoms with Gasteiger partial charge in [0.15, 0.2) is 0 Å².